The number of rotatable bonds is 2. The molecule has 1 aliphatic heterocycles. The SMILES string of the molecule is C[C@H](NC(=O)OC(C)(C)C)[C@H]1NCCCc2[nH]c(N)nc21. The van der Waals surface area contributed by atoms with Gasteiger partial charge in [0.1, 0.15) is 5.60 Å². The first-order valence-corrected chi connectivity index (χ1v) is 7.33. The molecule has 0 aliphatic carbocycles. The molecule has 0 bridgehead atoms. The van der Waals surface area contributed by atoms with Gasteiger partial charge >= 0.3 is 6.09 Å². The van der Waals surface area contributed by atoms with Gasteiger partial charge in [-0.3, -0.25) is 0 Å². The fourth-order valence-electron chi connectivity index (χ4n) is 2.50. The summed E-state index contributed by atoms with van der Waals surface area (Å²) in [5, 5.41) is 6.28. The summed E-state index contributed by atoms with van der Waals surface area (Å²) in [5.41, 5.74) is 7.16. The highest BCUT2D eigenvalue weighted by Gasteiger charge is 2.29. The van der Waals surface area contributed by atoms with Crippen molar-refractivity contribution in [2.75, 3.05) is 12.3 Å². The molecule has 2 heterocycles. The molecular formula is C14H25N5O2. The van der Waals surface area contributed by atoms with Crippen LogP contribution in [0.4, 0.5) is 10.7 Å². The molecule has 0 spiro atoms. The minimum absolute atomic E-state index is 0.0800. The monoisotopic (exact) mass is 295 g/mol. The summed E-state index contributed by atoms with van der Waals surface area (Å²) >= 11 is 0. The number of fused-ring (bicyclic) bond motifs is 1. The van der Waals surface area contributed by atoms with Crippen LogP contribution in [0.15, 0.2) is 0 Å². The molecule has 7 heteroatoms. The zero-order chi connectivity index (χ0) is 15.6. The smallest absolute Gasteiger partial charge is 0.407 e. The van der Waals surface area contributed by atoms with Crippen molar-refractivity contribution in [2.45, 2.75) is 58.2 Å². The number of amides is 1. The lowest BCUT2D eigenvalue weighted by molar-refractivity contribution is 0.0497. The van der Waals surface area contributed by atoms with E-state index < -0.39 is 11.7 Å². The molecule has 1 amide bonds. The number of imidazole rings is 1. The van der Waals surface area contributed by atoms with Crippen LogP contribution in [0.3, 0.4) is 0 Å². The van der Waals surface area contributed by atoms with Gasteiger partial charge < -0.3 is 26.1 Å². The Morgan fingerprint density at radius 1 is 1.52 bits per heavy atom. The molecule has 0 aromatic carbocycles. The van der Waals surface area contributed by atoms with E-state index in [1.54, 1.807) is 0 Å². The van der Waals surface area contributed by atoms with Gasteiger partial charge in [0.05, 0.1) is 17.8 Å². The van der Waals surface area contributed by atoms with Crippen molar-refractivity contribution >= 4 is 12.0 Å². The van der Waals surface area contributed by atoms with Gasteiger partial charge in [-0.05, 0) is 47.1 Å². The second-order valence-corrected chi connectivity index (χ2v) is 6.46. The van der Waals surface area contributed by atoms with Crippen molar-refractivity contribution in [3.05, 3.63) is 11.4 Å². The number of nitrogens with one attached hydrogen (secondary N) is 3. The maximum Gasteiger partial charge on any atom is 0.407 e. The standard InChI is InChI=1S/C14H25N5O2/c1-8(17-13(20)21-14(2,3)4)10-11-9(6-5-7-16-10)18-12(15)19-11/h8,10,16H,5-7H2,1-4H3,(H,17,20)(H3,15,18,19)/t8-,10+/m0/s1. The summed E-state index contributed by atoms with van der Waals surface area (Å²) in [4.78, 5) is 19.4. The quantitative estimate of drug-likeness (QED) is 0.661. The fourth-order valence-corrected chi connectivity index (χ4v) is 2.50. The third kappa shape index (κ3) is 4.10. The third-order valence-electron chi connectivity index (χ3n) is 3.34. The first kappa shape index (κ1) is 15.6. The summed E-state index contributed by atoms with van der Waals surface area (Å²) in [6.07, 6.45) is 1.48. The van der Waals surface area contributed by atoms with Crippen LogP contribution in [0, 0.1) is 0 Å². The third-order valence-corrected chi connectivity index (χ3v) is 3.34. The average molecular weight is 295 g/mol. The van der Waals surface area contributed by atoms with Crippen LogP contribution in [0.1, 0.15) is 51.5 Å². The molecule has 7 nitrogen and oxygen atoms in total. The van der Waals surface area contributed by atoms with Crippen molar-refractivity contribution < 1.29 is 9.53 Å². The van der Waals surface area contributed by atoms with E-state index >= 15 is 0 Å². The lowest BCUT2D eigenvalue weighted by atomic mass is 10.0. The number of hydrogen-bond donors (Lipinski definition) is 4. The molecular weight excluding hydrogens is 270 g/mol. The Bertz CT molecular complexity index is 506. The van der Waals surface area contributed by atoms with E-state index in [2.05, 4.69) is 20.6 Å². The van der Waals surface area contributed by atoms with E-state index in [0.717, 1.165) is 30.8 Å². The summed E-state index contributed by atoms with van der Waals surface area (Å²) in [5.74, 6) is 0.415. The average Bonchev–Trinajstić information content (AvgIpc) is 2.56. The van der Waals surface area contributed by atoms with Crippen LogP contribution in [-0.4, -0.2) is 34.2 Å². The molecule has 2 atom stereocenters. The summed E-state index contributed by atoms with van der Waals surface area (Å²) in [6.45, 7) is 8.33. The number of aromatic amines is 1. The number of nitrogens with zero attached hydrogens (tertiary/aromatic N) is 1. The number of anilines is 1. The molecule has 0 fully saturated rings. The lowest BCUT2D eigenvalue weighted by Crippen LogP contribution is -2.44. The predicted octanol–water partition coefficient (Wildman–Crippen LogP) is 1.48. The minimum Gasteiger partial charge on any atom is -0.444 e. The Hall–Kier alpha value is -1.76. The number of carbonyl (C=O) groups excluding carboxylic acids is 1. The molecule has 0 saturated carbocycles. The van der Waals surface area contributed by atoms with E-state index in [1.807, 2.05) is 27.7 Å². The molecule has 0 unspecified atom stereocenters. The number of hydrogen-bond acceptors (Lipinski definition) is 5. The van der Waals surface area contributed by atoms with Crippen LogP contribution in [0.5, 0.6) is 0 Å². The van der Waals surface area contributed by atoms with Gasteiger partial charge in [-0.1, -0.05) is 0 Å². The maximum atomic E-state index is 11.9. The minimum atomic E-state index is -0.511. The Kier molecular flexibility index (Phi) is 4.41. The molecule has 21 heavy (non-hydrogen) atoms. The Morgan fingerprint density at radius 3 is 2.90 bits per heavy atom. The molecule has 118 valence electrons. The first-order chi connectivity index (χ1) is 9.76. The van der Waals surface area contributed by atoms with Crippen LogP contribution >= 0.6 is 0 Å². The second-order valence-electron chi connectivity index (χ2n) is 6.46. The number of nitrogen functional groups attached to an aromatic ring is 1. The van der Waals surface area contributed by atoms with Gasteiger partial charge in [0.25, 0.3) is 0 Å². The predicted molar refractivity (Wildman–Crippen MR) is 80.9 cm³/mol. The van der Waals surface area contributed by atoms with Crippen LogP contribution in [-0.2, 0) is 11.2 Å². The van der Waals surface area contributed by atoms with Crippen molar-refractivity contribution in [1.82, 2.24) is 20.6 Å². The second kappa shape index (κ2) is 5.93. The summed E-state index contributed by atoms with van der Waals surface area (Å²) < 4.78 is 5.29. The molecule has 1 aromatic heterocycles. The Labute approximate surface area is 125 Å². The number of ether oxygens (including phenoxy) is 1. The van der Waals surface area contributed by atoms with E-state index in [1.165, 1.54) is 0 Å². The molecule has 2 rings (SSSR count). The normalized spacial score (nSPS) is 20.3. The number of aryl methyl sites for hydroxylation is 1. The number of aromatic nitrogens is 2. The molecule has 1 aromatic rings. The first-order valence-electron chi connectivity index (χ1n) is 7.33. The molecule has 0 saturated heterocycles. The highest BCUT2D eigenvalue weighted by molar-refractivity contribution is 5.68. The van der Waals surface area contributed by atoms with Crippen molar-refractivity contribution in [3.8, 4) is 0 Å². The van der Waals surface area contributed by atoms with Gasteiger partial charge in [-0.15, -0.1) is 0 Å². The molecule has 1 aliphatic rings. The zero-order valence-corrected chi connectivity index (χ0v) is 13.1. The Morgan fingerprint density at radius 2 is 2.24 bits per heavy atom. The van der Waals surface area contributed by atoms with Crippen molar-refractivity contribution in [2.24, 2.45) is 0 Å². The van der Waals surface area contributed by atoms with Gasteiger partial charge in [0, 0.05) is 5.69 Å². The highest BCUT2D eigenvalue weighted by atomic mass is 16.6. The zero-order valence-electron chi connectivity index (χ0n) is 13.1. The summed E-state index contributed by atoms with van der Waals surface area (Å²) in [6, 6.07) is -0.233. The maximum absolute atomic E-state index is 11.9. The van der Waals surface area contributed by atoms with Gasteiger partial charge in [-0.2, -0.15) is 0 Å². The molecule has 0 radical (unpaired) electrons. The van der Waals surface area contributed by atoms with Crippen LogP contribution in [0.25, 0.3) is 0 Å². The fraction of sp³-hybridized carbons (Fsp3) is 0.714. The number of nitrogens with two attached hydrogens (primary N) is 1. The largest absolute Gasteiger partial charge is 0.444 e. The lowest BCUT2D eigenvalue weighted by Gasteiger charge is -2.26. The van der Waals surface area contributed by atoms with Crippen molar-refractivity contribution in [3.63, 3.8) is 0 Å². The topological polar surface area (TPSA) is 105 Å². The molecule has 5 N–H and O–H groups in total. The number of alkyl carbamates (subject to hydrolysis) is 1. The van der Waals surface area contributed by atoms with E-state index in [4.69, 9.17) is 10.5 Å². The summed E-state index contributed by atoms with van der Waals surface area (Å²) in [7, 11) is 0. The highest BCUT2D eigenvalue weighted by Crippen LogP contribution is 2.24. The Balaban J connectivity index is 2.08. The van der Waals surface area contributed by atoms with Crippen LogP contribution in [0.2, 0.25) is 0 Å². The van der Waals surface area contributed by atoms with Crippen molar-refractivity contribution in [1.29, 1.82) is 0 Å². The number of H-pyrrole nitrogens is 1. The van der Waals surface area contributed by atoms with E-state index in [-0.39, 0.29) is 12.1 Å². The van der Waals surface area contributed by atoms with E-state index in [0.29, 0.717) is 5.95 Å². The van der Waals surface area contributed by atoms with Gasteiger partial charge in [0.2, 0.25) is 0 Å². The van der Waals surface area contributed by atoms with Gasteiger partial charge in [-0.25, -0.2) is 9.78 Å². The van der Waals surface area contributed by atoms with E-state index in [9.17, 15) is 4.79 Å². The van der Waals surface area contributed by atoms with Gasteiger partial charge in [0.15, 0.2) is 5.95 Å². The number of carbonyl (C=O) groups is 1. The van der Waals surface area contributed by atoms with Crippen LogP contribution < -0.4 is 16.4 Å².